The number of benzene rings is 1. The van der Waals surface area contributed by atoms with Crippen LogP contribution in [-0.2, 0) is 13.6 Å². The fourth-order valence-electron chi connectivity index (χ4n) is 1.38. The van der Waals surface area contributed by atoms with Gasteiger partial charge in [-0.15, -0.1) is 10.2 Å². The first-order chi connectivity index (χ1) is 8.19. The van der Waals surface area contributed by atoms with E-state index in [1.807, 2.05) is 0 Å². The summed E-state index contributed by atoms with van der Waals surface area (Å²) < 4.78 is 18.0. The molecule has 1 aromatic heterocycles. The van der Waals surface area contributed by atoms with Crippen LogP contribution >= 0.6 is 0 Å². The van der Waals surface area contributed by atoms with Crippen LogP contribution in [0.5, 0.6) is 5.75 Å². The van der Waals surface area contributed by atoms with Crippen molar-refractivity contribution in [3.63, 3.8) is 0 Å². The summed E-state index contributed by atoms with van der Waals surface area (Å²) in [6.45, 7) is 0.399. The number of nitrogens with zero attached hydrogens (tertiary/aromatic N) is 4. The third kappa shape index (κ3) is 2.68. The zero-order valence-electron chi connectivity index (χ0n) is 9.51. The summed E-state index contributed by atoms with van der Waals surface area (Å²) in [6, 6.07) is 4.27. The maximum atomic E-state index is 13.0. The Hall–Kier alpha value is -2.18. The van der Waals surface area contributed by atoms with Gasteiger partial charge < -0.3 is 10.1 Å². The number of halogens is 1. The SMILES string of the molecule is COc1cc(F)ccc1NCc1nnn(C)n1. The molecule has 0 aliphatic rings. The maximum Gasteiger partial charge on any atom is 0.193 e. The molecule has 0 saturated heterocycles. The van der Waals surface area contributed by atoms with Gasteiger partial charge >= 0.3 is 0 Å². The lowest BCUT2D eigenvalue weighted by Gasteiger charge is -2.09. The first-order valence-electron chi connectivity index (χ1n) is 4.99. The third-order valence-corrected chi connectivity index (χ3v) is 2.15. The van der Waals surface area contributed by atoms with Gasteiger partial charge in [0.05, 0.1) is 26.4 Å². The van der Waals surface area contributed by atoms with Gasteiger partial charge in [-0.25, -0.2) is 4.39 Å². The van der Waals surface area contributed by atoms with Crippen LogP contribution < -0.4 is 10.1 Å². The second-order valence-electron chi connectivity index (χ2n) is 3.39. The Labute approximate surface area is 97.4 Å². The minimum atomic E-state index is -0.343. The van der Waals surface area contributed by atoms with E-state index in [1.165, 1.54) is 24.0 Å². The Bertz CT molecular complexity index is 513. The smallest absolute Gasteiger partial charge is 0.193 e. The van der Waals surface area contributed by atoms with Crippen LogP contribution in [0, 0.1) is 5.82 Å². The number of hydrogen-bond donors (Lipinski definition) is 1. The Balaban J connectivity index is 2.08. The first kappa shape index (κ1) is 11.3. The maximum absolute atomic E-state index is 13.0. The number of methoxy groups -OCH3 is 1. The second-order valence-corrected chi connectivity index (χ2v) is 3.39. The fraction of sp³-hybridized carbons (Fsp3) is 0.300. The predicted octanol–water partition coefficient (Wildman–Crippen LogP) is 0.970. The van der Waals surface area contributed by atoms with E-state index in [4.69, 9.17) is 4.74 Å². The van der Waals surface area contributed by atoms with Crippen LogP contribution in [0.3, 0.4) is 0 Å². The highest BCUT2D eigenvalue weighted by molar-refractivity contribution is 5.56. The van der Waals surface area contributed by atoms with Crippen LogP contribution in [0.25, 0.3) is 0 Å². The first-order valence-corrected chi connectivity index (χ1v) is 4.99. The summed E-state index contributed by atoms with van der Waals surface area (Å²) in [6.07, 6.45) is 0. The average Bonchev–Trinajstić information content (AvgIpc) is 2.73. The van der Waals surface area contributed by atoms with Crippen molar-refractivity contribution in [2.24, 2.45) is 7.05 Å². The molecule has 0 saturated carbocycles. The van der Waals surface area contributed by atoms with Gasteiger partial charge in [-0.3, -0.25) is 0 Å². The summed E-state index contributed by atoms with van der Waals surface area (Å²) in [5.41, 5.74) is 0.682. The Morgan fingerprint density at radius 2 is 2.29 bits per heavy atom. The lowest BCUT2D eigenvalue weighted by Crippen LogP contribution is -2.04. The number of ether oxygens (including phenoxy) is 1. The van der Waals surface area contributed by atoms with Gasteiger partial charge in [-0.1, -0.05) is 0 Å². The monoisotopic (exact) mass is 237 g/mol. The molecule has 0 spiro atoms. The van der Waals surface area contributed by atoms with Crippen molar-refractivity contribution in [2.45, 2.75) is 6.54 Å². The molecule has 0 amide bonds. The van der Waals surface area contributed by atoms with Gasteiger partial charge in [-0.2, -0.15) is 4.80 Å². The molecule has 17 heavy (non-hydrogen) atoms. The van der Waals surface area contributed by atoms with E-state index in [1.54, 1.807) is 13.1 Å². The summed E-state index contributed by atoms with van der Waals surface area (Å²) >= 11 is 0. The van der Waals surface area contributed by atoms with Crippen LogP contribution in [0.1, 0.15) is 5.82 Å². The number of tetrazole rings is 1. The quantitative estimate of drug-likeness (QED) is 0.858. The molecule has 1 heterocycles. The van der Waals surface area contributed by atoms with Crippen molar-refractivity contribution in [3.05, 3.63) is 29.8 Å². The largest absolute Gasteiger partial charge is 0.494 e. The molecule has 90 valence electrons. The highest BCUT2D eigenvalue weighted by Crippen LogP contribution is 2.24. The summed E-state index contributed by atoms with van der Waals surface area (Å²) in [4.78, 5) is 1.37. The second kappa shape index (κ2) is 4.77. The van der Waals surface area contributed by atoms with Crippen molar-refractivity contribution in [1.29, 1.82) is 0 Å². The lowest BCUT2D eigenvalue weighted by molar-refractivity contribution is 0.413. The molecule has 0 atom stereocenters. The zero-order chi connectivity index (χ0) is 12.3. The van der Waals surface area contributed by atoms with E-state index in [2.05, 4.69) is 20.7 Å². The van der Waals surface area contributed by atoms with Gasteiger partial charge in [-0.05, 0) is 17.3 Å². The molecule has 6 nitrogen and oxygen atoms in total. The molecule has 0 aliphatic carbocycles. The van der Waals surface area contributed by atoms with Crippen molar-refractivity contribution >= 4 is 5.69 Å². The van der Waals surface area contributed by atoms with Gasteiger partial charge in [0.2, 0.25) is 0 Å². The van der Waals surface area contributed by atoms with E-state index < -0.39 is 0 Å². The molecule has 0 unspecified atom stereocenters. The minimum absolute atomic E-state index is 0.343. The number of aromatic nitrogens is 4. The van der Waals surface area contributed by atoms with Crippen molar-refractivity contribution in [3.8, 4) is 5.75 Å². The van der Waals surface area contributed by atoms with Gasteiger partial charge in [0.1, 0.15) is 11.6 Å². The molecule has 2 aromatic rings. The Morgan fingerprint density at radius 3 is 2.94 bits per heavy atom. The molecule has 1 aromatic carbocycles. The van der Waals surface area contributed by atoms with Gasteiger partial charge in [0, 0.05) is 6.07 Å². The summed E-state index contributed by atoms with van der Waals surface area (Å²) in [5.74, 6) is 0.651. The number of hydrogen-bond acceptors (Lipinski definition) is 5. The topological polar surface area (TPSA) is 64.9 Å². The van der Waals surface area contributed by atoms with E-state index in [0.717, 1.165) is 0 Å². The standard InChI is InChI=1S/C10H12FN5O/c1-16-14-10(13-15-16)6-12-8-4-3-7(11)5-9(8)17-2/h3-5,12H,6H2,1-2H3. The lowest BCUT2D eigenvalue weighted by atomic mass is 10.3. The van der Waals surface area contributed by atoms with Crippen molar-refractivity contribution < 1.29 is 9.13 Å². The van der Waals surface area contributed by atoms with Crippen LogP contribution in [0.15, 0.2) is 18.2 Å². The number of anilines is 1. The summed E-state index contributed by atoms with van der Waals surface area (Å²) in [5, 5.41) is 14.6. The highest BCUT2D eigenvalue weighted by atomic mass is 19.1. The zero-order valence-corrected chi connectivity index (χ0v) is 9.51. The molecule has 7 heteroatoms. The van der Waals surface area contributed by atoms with Crippen molar-refractivity contribution in [2.75, 3.05) is 12.4 Å². The summed E-state index contributed by atoms with van der Waals surface area (Å²) in [7, 11) is 3.18. The molecule has 0 radical (unpaired) electrons. The van der Waals surface area contributed by atoms with Gasteiger partial charge in [0.15, 0.2) is 5.82 Å². The Kier molecular flexibility index (Phi) is 3.17. The third-order valence-electron chi connectivity index (χ3n) is 2.15. The van der Waals surface area contributed by atoms with E-state index in [9.17, 15) is 4.39 Å². The van der Waals surface area contributed by atoms with E-state index in [0.29, 0.717) is 23.8 Å². The molecule has 1 N–H and O–H groups in total. The van der Waals surface area contributed by atoms with E-state index in [-0.39, 0.29) is 5.82 Å². The normalized spacial score (nSPS) is 10.3. The molecule has 0 fully saturated rings. The molecule has 0 bridgehead atoms. The van der Waals surface area contributed by atoms with E-state index >= 15 is 0 Å². The molecule has 0 aliphatic heterocycles. The number of nitrogens with one attached hydrogen (secondary N) is 1. The van der Waals surface area contributed by atoms with Crippen LogP contribution in [0.2, 0.25) is 0 Å². The van der Waals surface area contributed by atoms with Gasteiger partial charge in [0.25, 0.3) is 0 Å². The molecular formula is C10H12FN5O. The fourth-order valence-corrected chi connectivity index (χ4v) is 1.38. The van der Waals surface area contributed by atoms with Crippen molar-refractivity contribution in [1.82, 2.24) is 20.2 Å². The van der Waals surface area contributed by atoms with Crippen LogP contribution in [-0.4, -0.2) is 27.3 Å². The number of rotatable bonds is 4. The Morgan fingerprint density at radius 1 is 1.47 bits per heavy atom. The van der Waals surface area contributed by atoms with Crippen LogP contribution in [0.4, 0.5) is 10.1 Å². The molecular weight excluding hydrogens is 225 g/mol. The minimum Gasteiger partial charge on any atom is -0.494 e. The molecule has 2 rings (SSSR count). The predicted molar refractivity (Wildman–Crippen MR) is 59.1 cm³/mol. The highest BCUT2D eigenvalue weighted by Gasteiger charge is 2.06. The number of aryl methyl sites for hydroxylation is 1. The average molecular weight is 237 g/mol.